The Labute approximate surface area is 806 Å². The lowest BCUT2D eigenvalue weighted by Gasteiger charge is -2.30. The number of amides is 3. The van der Waals surface area contributed by atoms with Crippen LogP contribution in [0.25, 0.3) is 110 Å². The third-order valence-electron chi connectivity index (χ3n) is 23.0. The van der Waals surface area contributed by atoms with Gasteiger partial charge in [-0.1, -0.05) is 139 Å². The van der Waals surface area contributed by atoms with Gasteiger partial charge in [0.25, 0.3) is 35.3 Å². The van der Waals surface area contributed by atoms with E-state index in [4.69, 9.17) is 46.3 Å². The van der Waals surface area contributed by atoms with Crippen LogP contribution < -0.4 is 47.4 Å². The number of ether oxygens (including phenoxy) is 10. The van der Waals surface area contributed by atoms with Crippen molar-refractivity contribution in [1.29, 1.82) is 0 Å². The van der Waals surface area contributed by atoms with Gasteiger partial charge < -0.3 is 84.7 Å². The summed E-state index contributed by atoms with van der Waals surface area (Å²) in [5, 5.41) is 23.0. The average Bonchev–Trinajstić information content (AvgIpc) is 1.69. The number of rotatable bonds is 29. The van der Waals surface area contributed by atoms with Gasteiger partial charge in [-0.2, -0.15) is 0 Å². The molecule has 756 valence electrons. The van der Waals surface area contributed by atoms with E-state index in [0.29, 0.717) is 140 Å². The molecule has 0 bridgehead atoms. The number of carbonyl (C=O) groups is 3. The molecule has 3 amide bonds. The number of fused-ring (bicyclic) bond motifs is 5. The Hall–Kier alpha value is -15.1. The lowest BCUT2D eigenvalue weighted by atomic mass is 9.99. The molecule has 3 aliphatic rings. The zero-order valence-electron chi connectivity index (χ0n) is 77.9. The van der Waals surface area contributed by atoms with E-state index in [1.165, 1.54) is 84.9 Å². The predicted molar refractivity (Wildman–Crippen MR) is 493 cm³/mol. The molecule has 0 aliphatic carbocycles. The monoisotopic (exact) mass is 2000 g/mol. The highest BCUT2D eigenvalue weighted by Gasteiger charge is 2.37. The zero-order chi connectivity index (χ0) is 102. The maximum absolute atomic E-state index is 12.4. The van der Waals surface area contributed by atoms with Crippen LogP contribution in [-0.2, 0) is 14.4 Å². The van der Waals surface area contributed by atoms with E-state index in [1.54, 1.807) is 113 Å². The van der Waals surface area contributed by atoms with Gasteiger partial charge in [0.2, 0.25) is 11.8 Å². The number of hydrogen-bond donors (Lipinski definition) is 0. The summed E-state index contributed by atoms with van der Waals surface area (Å²) < 4.78 is 259. The van der Waals surface area contributed by atoms with Crippen LogP contribution in [0.2, 0.25) is 0 Å². The van der Waals surface area contributed by atoms with Crippen molar-refractivity contribution in [1.82, 2.24) is 40.5 Å². The summed E-state index contributed by atoms with van der Waals surface area (Å²) in [5.41, 5.74) is 10.2. The van der Waals surface area contributed by atoms with Crippen molar-refractivity contribution in [2.24, 2.45) is 23.7 Å². The molecule has 0 unspecified atom stereocenters. The molecule has 10 aromatic carbocycles. The lowest BCUT2D eigenvalue weighted by molar-refractivity contribution is -0.275. The van der Waals surface area contributed by atoms with E-state index >= 15 is 0 Å². The Morgan fingerprint density at radius 1 is 0.308 bits per heavy atom. The van der Waals surface area contributed by atoms with Gasteiger partial charge in [-0.15, -0.1) is 65.9 Å². The Kier molecular flexibility index (Phi) is 32.8. The number of halogens is 15. The second kappa shape index (κ2) is 45.2. The zero-order valence-corrected chi connectivity index (χ0v) is 77.9. The van der Waals surface area contributed by atoms with Crippen molar-refractivity contribution in [3.05, 3.63) is 212 Å². The van der Waals surface area contributed by atoms with Gasteiger partial charge in [-0.05, 0) is 259 Å². The molecule has 0 saturated carbocycles. The van der Waals surface area contributed by atoms with Crippen LogP contribution in [0.15, 0.2) is 235 Å². The third kappa shape index (κ3) is 28.9. The summed E-state index contributed by atoms with van der Waals surface area (Å²) in [6.45, 7) is 20.8. The molecule has 3 saturated heterocycles. The molecular formula is C102H95F15N8O18. The van der Waals surface area contributed by atoms with E-state index < -0.39 is 31.8 Å². The molecule has 0 spiro atoms. The Bertz CT molecular complexity index is 6780. The first-order chi connectivity index (χ1) is 67.9. The van der Waals surface area contributed by atoms with Crippen LogP contribution in [-0.4, -0.2) is 161 Å². The summed E-state index contributed by atoms with van der Waals surface area (Å²) >= 11 is 0. The highest BCUT2D eigenvalue weighted by molar-refractivity contribution is 5.92. The Morgan fingerprint density at radius 2 is 0.566 bits per heavy atom. The predicted octanol–water partition coefficient (Wildman–Crippen LogP) is 26.1. The number of benzene rings is 10. The Morgan fingerprint density at radius 3 is 0.825 bits per heavy atom. The van der Waals surface area contributed by atoms with Crippen LogP contribution in [0, 0.1) is 23.7 Å². The fourth-order valence-corrected chi connectivity index (χ4v) is 15.3. The van der Waals surface area contributed by atoms with Gasteiger partial charge >= 0.3 is 31.8 Å². The topological polar surface area (TPSA) is 283 Å². The standard InChI is InChI=1S/C23H23F3N2O4.C21H19F3N2O4.C20H17F3N2O4.C20H20F3NO3.C18H16F3NO3/c1-14(2)19(28-11-3-4-21(28)29)13-30-22-18-12-16(7-10-20(18)32-27-22)15-5-8-17(9-6-15)31-23(24,25)26;1-13(26-10-2-3-19(26)27)12-28-20-17-11-15(6-9-18(17)30-25-20)14-4-7-16(8-5-14)29-21(22,23)24;21-20(22,23)28-15-6-3-13(4-7-15)14-5-8-17-16(11-14)19(24-29-17)27-12-18(26)25-9-1-2-10-25;1-12(2)13(3)11-25-19-17-10-15(6-9-18(17)27-24-19)14-4-7-16(8-5-14)26-20(21,22)23;1-11(2)10-23-17-15-9-13(5-8-16(15)25-22-17)12-3-6-14(7-4-12)24-18(19,20)21/h5-10,12,14,19H,3-4,11,13H2,1-2H3;4-9,11,13H,2-3,10,12H2,1H3;3-8,11H,1-2,9-10,12H2;4-10,12-13H,11H2,1-3H3;3-9,11H,10H2,1-2H3/t19-;13-;;13-;/m11.1./s1. The van der Waals surface area contributed by atoms with Crippen LogP contribution in [0.3, 0.4) is 0 Å². The van der Waals surface area contributed by atoms with Crippen LogP contribution >= 0.6 is 0 Å². The number of hydrogen-bond acceptors (Lipinski definition) is 23. The number of nitrogens with zero attached hydrogens (tertiary/aromatic N) is 8. The van der Waals surface area contributed by atoms with Gasteiger partial charge in [-0.25, -0.2) is 0 Å². The first-order valence-electron chi connectivity index (χ1n) is 45.2. The van der Waals surface area contributed by atoms with Crippen molar-refractivity contribution >= 4 is 72.6 Å². The van der Waals surface area contributed by atoms with E-state index in [-0.39, 0.29) is 83.6 Å². The molecule has 3 atom stereocenters. The molecule has 143 heavy (non-hydrogen) atoms. The maximum Gasteiger partial charge on any atom is 0.573 e. The molecular weight excluding hydrogens is 1910 g/mol. The molecule has 26 nitrogen and oxygen atoms in total. The van der Waals surface area contributed by atoms with Gasteiger partial charge in [0.1, 0.15) is 42.0 Å². The molecule has 0 radical (unpaired) electrons. The fraction of sp³-hybridized carbons (Fsp3) is 0.333. The SMILES string of the molecule is CC(C)COc1noc2ccc(-c3ccc(OC(F)(F)F)cc3)cc12.CC(C)[C@@H](COc1noc2ccc(-c3ccc(OC(F)(F)F)cc3)cc12)N1CCCC1=O.CC(C)[C@H](C)COc1noc2ccc(-c3ccc(OC(F)(F)F)cc3)cc12.C[C@H](COc1noc2ccc(-c3ccc(OC(F)(F)F)cc3)cc12)N1CCCC1=O.O=C(COc1noc2ccc(-c3ccc(OC(F)(F)F)cc3)cc12)N1CCCC1. The van der Waals surface area contributed by atoms with Crippen molar-refractivity contribution < 1.29 is 150 Å². The Balaban J connectivity index is 0.000000142. The normalized spacial score (nSPS) is 14.2. The highest BCUT2D eigenvalue weighted by atomic mass is 19.4. The van der Waals surface area contributed by atoms with Gasteiger partial charge in [0.15, 0.2) is 34.5 Å². The summed E-state index contributed by atoms with van der Waals surface area (Å²) in [6.07, 6.45) is -18.8. The minimum atomic E-state index is -4.73. The first kappa shape index (κ1) is 104. The first-order valence-corrected chi connectivity index (χ1v) is 45.2. The second-order valence-corrected chi connectivity index (χ2v) is 34.6. The summed E-state index contributed by atoms with van der Waals surface area (Å²) in [7, 11) is 0. The van der Waals surface area contributed by atoms with Crippen molar-refractivity contribution in [3.63, 3.8) is 0 Å². The maximum atomic E-state index is 12.4. The molecule has 8 heterocycles. The third-order valence-corrected chi connectivity index (χ3v) is 23.0. The van der Waals surface area contributed by atoms with E-state index in [9.17, 15) is 80.2 Å². The van der Waals surface area contributed by atoms with E-state index in [0.717, 1.165) is 96.2 Å². The van der Waals surface area contributed by atoms with Gasteiger partial charge in [0, 0.05) is 39.0 Å². The van der Waals surface area contributed by atoms with E-state index in [2.05, 4.69) is 70.2 Å². The number of likely N-dealkylation sites (tertiary alicyclic amines) is 3. The van der Waals surface area contributed by atoms with Crippen LogP contribution in [0.4, 0.5) is 65.9 Å². The molecule has 15 aromatic rings. The number of aromatic nitrogens is 5. The quantitative estimate of drug-likeness (QED) is 0.0394. The van der Waals surface area contributed by atoms with Crippen LogP contribution in [0.5, 0.6) is 58.1 Å². The minimum absolute atomic E-state index is 0.0684. The summed E-state index contributed by atoms with van der Waals surface area (Å²) in [5.74, 6) is 1.81. The van der Waals surface area contributed by atoms with Gasteiger partial charge in [0.05, 0.1) is 52.2 Å². The molecule has 18 rings (SSSR count). The minimum Gasteiger partial charge on any atom is -0.475 e. The largest absolute Gasteiger partial charge is 0.573 e. The highest BCUT2D eigenvalue weighted by Crippen LogP contribution is 2.41. The molecule has 3 fully saturated rings. The molecule has 5 aromatic heterocycles. The van der Waals surface area contributed by atoms with Crippen molar-refractivity contribution in [2.75, 3.05) is 59.2 Å². The fourth-order valence-electron chi connectivity index (χ4n) is 15.3. The number of alkyl halides is 15. The van der Waals surface area contributed by atoms with E-state index in [1.807, 2.05) is 63.8 Å². The molecule has 0 N–H and O–H groups in total. The summed E-state index contributed by atoms with van der Waals surface area (Å²) in [4.78, 5) is 41.6. The lowest BCUT2D eigenvalue weighted by Crippen LogP contribution is -2.43. The smallest absolute Gasteiger partial charge is 0.475 e. The average molecular weight is 2010 g/mol. The van der Waals surface area contributed by atoms with Crippen molar-refractivity contribution in [3.8, 4) is 114 Å². The summed E-state index contributed by atoms with van der Waals surface area (Å²) in [6, 6.07) is 54.6. The van der Waals surface area contributed by atoms with Crippen molar-refractivity contribution in [2.45, 2.75) is 138 Å². The second-order valence-electron chi connectivity index (χ2n) is 34.6. The molecule has 41 heteroatoms. The van der Waals surface area contributed by atoms with Crippen LogP contribution in [0.1, 0.15) is 93.9 Å². The molecule has 3 aliphatic heterocycles. The van der Waals surface area contributed by atoms with Gasteiger partial charge in [-0.3, -0.25) is 14.4 Å². The number of carbonyl (C=O) groups excluding carboxylic acids is 3.